The highest BCUT2D eigenvalue weighted by atomic mass is 35.5. The number of ether oxygens (including phenoxy) is 1. The molecule has 0 atom stereocenters. The van der Waals surface area contributed by atoms with Gasteiger partial charge in [0.25, 0.3) is 5.19 Å². The first-order chi connectivity index (χ1) is 9.33. The van der Waals surface area contributed by atoms with Crippen molar-refractivity contribution in [2.75, 3.05) is 0 Å². The number of hydrogen-bond donors (Lipinski definition) is 1. The Morgan fingerprint density at radius 1 is 1.25 bits per heavy atom. The summed E-state index contributed by atoms with van der Waals surface area (Å²) in [7, 11) is 0. The molecule has 0 amide bonds. The molecule has 0 saturated carbocycles. The van der Waals surface area contributed by atoms with Gasteiger partial charge >= 0.3 is 0 Å². The lowest BCUT2D eigenvalue weighted by atomic mass is 10.1. The molecule has 0 aliphatic rings. The van der Waals surface area contributed by atoms with E-state index in [-0.39, 0.29) is 5.54 Å². The van der Waals surface area contributed by atoms with Gasteiger partial charge < -0.3 is 10.1 Å². The van der Waals surface area contributed by atoms with Crippen LogP contribution in [0.4, 0.5) is 0 Å². The van der Waals surface area contributed by atoms with Gasteiger partial charge in [0.15, 0.2) is 0 Å². The predicted molar refractivity (Wildman–Crippen MR) is 83.0 cm³/mol. The molecule has 7 heteroatoms. The zero-order chi connectivity index (χ0) is 14.8. The van der Waals surface area contributed by atoms with Crippen LogP contribution < -0.4 is 10.1 Å². The number of aromatic nitrogens is 2. The van der Waals surface area contributed by atoms with Crippen molar-refractivity contribution in [1.82, 2.24) is 15.5 Å². The first-order valence-electron chi connectivity index (χ1n) is 6.04. The molecular formula is C13H15Cl2N3OS. The van der Waals surface area contributed by atoms with Gasteiger partial charge in [0.1, 0.15) is 10.8 Å². The topological polar surface area (TPSA) is 47.0 Å². The van der Waals surface area contributed by atoms with Crippen molar-refractivity contribution >= 4 is 34.5 Å². The summed E-state index contributed by atoms with van der Waals surface area (Å²) in [5.74, 6) is 0.516. The molecule has 20 heavy (non-hydrogen) atoms. The lowest BCUT2D eigenvalue weighted by Gasteiger charge is -2.19. The van der Waals surface area contributed by atoms with E-state index in [0.29, 0.717) is 27.5 Å². The highest BCUT2D eigenvalue weighted by Crippen LogP contribution is 2.32. The second kappa shape index (κ2) is 6.26. The monoisotopic (exact) mass is 331 g/mol. The molecule has 1 aromatic heterocycles. The second-order valence-electron chi connectivity index (χ2n) is 5.24. The average Bonchev–Trinajstić information content (AvgIpc) is 2.77. The minimum atomic E-state index is 0.0339. The lowest BCUT2D eigenvalue weighted by Crippen LogP contribution is -2.35. The Balaban J connectivity index is 2.02. The zero-order valence-corrected chi connectivity index (χ0v) is 13.7. The van der Waals surface area contributed by atoms with Crippen LogP contribution in [-0.4, -0.2) is 15.7 Å². The van der Waals surface area contributed by atoms with Crippen molar-refractivity contribution in [3.05, 3.63) is 33.3 Å². The van der Waals surface area contributed by atoms with Crippen molar-refractivity contribution in [3.63, 3.8) is 0 Å². The van der Waals surface area contributed by atoms with Gasteiger partial charge in [-0.3, -0.25) is 0 Å². The summed E-state index contributed by atoms with van der Waals surface area (Å²) in [6.07, 6.45) is 0. The largest absolute Gasteiger partial charge is 0.428 e. The standard InChI is InChI=1S/C13H15Cl2N3OS/c1-13(2,3)16-7-11-17-18-12(20-11)19-10-5-4-8(14)6-9(10)15/h4-6,16H,7H2,1-3H3. The molecule has 0 saturated heterocycles. The summed E-state index contributed by atoms with van der Waals surface area (Å²) in [5, 5.41) is 13.7. The third-order valence-electron chi connectivity index (χ3n) is 2.31. The van der Waals surface area contributed by atoms with Crippen LogP contribution in [0.2, 0.25) is 10.0 Å². The summed E-state index contributed by atoms with van der Waals surface area (Å²) in [5.41, 5.74) is 0.0339. The number of benzene rings is 1. The third kappa shape index (κ3) is 4.59. The van der Waals surface area contributed by atoms with Gasteiger partial charge in [-0.25, -0.2) is 0 Å². The number of nitrogens with zero attached hydrogens (tertiary/aromatic N) is 2. The molecule has 0 fully saturated rings. The molecule has 108 valence electrons. The Bertz CT molecular complexity index is 596. The van der Waals surface area contributed by atoms with Crippen LogP contribution in [0.15, 0.2) is 18.2 Å². The lowest BCUT2D eigenvalue weighted by molar-refractivity contribution is 0.423. The van der Waals surface area contributed by atoms with Crippen molar-refractivity contribution < 1.29 is 4.74 Å². The SMILES string of the molecule is CC(C)(C)NCc1nnc(Oc2ccc(Cl)cc2Cl)s1. The summed E-state index contributed by atoms with van der Waals surface area (Å²) in [6, 6.07) is 5.05. The Hall–Kier alpha value is -0.880. The van der Waals surface area contributed by atoms with E-state index >= 15 is 0 Å². The van der Waals surface area contributed by atoms with E-state index in [0.717, 1.165) is 5.01 Å². The van der Waals surface area contributed by atoms with Crippen molar-refractivity contribution in [1.29, 1.82) is 0 Å². The van der Waals surface area contributed by atoms with Crippen LogP contribution in [0.5, 0.6) is 10.9 Å². The first-order valence-corrected chi connectivity index (χ1v) is 7.61. The summed E-state index contributed by atoms with van der Waals surface area (Å²) in [4.78, 5) is 0. The van der Waals surface area contributed by atoms with Crippen LogP contribution in [0, 0.1) is 0 Å². The molecule has 2 aromatic rings. The predicted octanol–water partition coefficient (Wildman–Crippen LogP) is 4.53. The Labute approximate surface area is 132 Å². The molecule has 0 radical (unpaired) electrons. The number of halogens is 2. The number of nitrogens with one attached hydrogen (secondary N) is 1. The minimum absolute atomic E-state index is 0.0339. The van der Waals surface area contributed by atoms with Gasteiger partial charge in [0, 0.05) is 10.6 Å². The fourth-order valence-electron chi connectivity index (χ4n) is 1.34. The van der Waals surface area contributed by atoms with Crippen LogP contribution in [-0.2, 0) is 6.54 Å². The van der Waals surface area contributed by atoms with Crippen molar-refractivity contribution in [2.45, 2.75) is 32.9 Å². The van der Waals surface area contributed by atoms with Crippen LogP contribution in [0.1, 0.15) is 25.8 Å². The van der Waals surface area contributed by atoms with Crippen molar-refractivity contribution in [3.8, 4) is 10.9 Å². The molecule has 1 N–H and O–H groups in total. The van der Waals surface area contributed by atoms with E-state index in [1.54, 1.807) is 18.2 Å². The Morgan fingerprint density at radius 3 is 2.65 bits per heavy atom. The van der Waals surface area contributed by atoms with E-state index in [2.05, 4.69) is 36.3 Å². The maximum atomic E-state index is 6.04. The third-order valence-corrected chi connectivity index (χ3v) is 3.64. The summed E-state index contributed by atoms with van der Waals surface area (Å²) >= 11 is 13.3. The highest BCUT2D eigenvalue weighted by Gasteiger charge is 2.12. The fraction of sp³-hybridized carbons (Fsp3) is 0.385. The molecular weight excluding hydrogens is 317 g/mol. The highest BCUT2D eigenvalue weighted by molar-refractivity contribution is 7.13. The Kier molecular flexibility index (Phi) is 4.86. The average molecular weight is 332 g/mol. The number of rotatable bonds is 4. The van der Waals surface area contributed by atoms with Crippen LogP contribution in [0.25, 0.3) is 0 Å². The second-order valence-corrected chi connectivity index (χ2v) is 7.11. The van der Waals surface area contributed by atoms with Gasteiger partial charge in [-0.1, -0.05) is 39.6 Å². The van der Waals surface area contributed by atoms with E-state index < -0.39 is 0 Å². The molecule has 0 aliphatic carbocycles. The van der Waals surface area contributed by atoms with Gasteiger partial charge in [-0.2, -0.15) is 0 Å². The summed E-state index contributed by atoms with van der Waals surface area (Å²) in [6.45, 7) is 6.94. The van der Waals surface area contributed by atoms with Crippen LogP contribution in [0.3, 0.4) is 0 Å². The molecule has 0 aliphatic heterocycles. The van der Waals surface area contributed by atoms with E-state index in [1.165, 1.54) is 11.3 Å². The molecule has 4 nitrogen and oxygen atoms in total. The first kappa shape index (κ1) is 15.5. The normalized spacial score (nSPS) is 11.7. The summed E-state index contributed by atoms with van der Waals surface area (Å²) < 4.78 is 5.60. The van der Waals surface area contributed by atoms with Gasteiger partial charge in [0.05, 0.1) is 11.6 Å². The van der Waals surface area contributed by atoms with E-state index in [1.807, 2.05) is 0 Å². The molecule has 2 rings (SSSR count). The molecule has 0 spiro atoms. The quantitative estimate of drug-likeness (QED) is 0.894. The van der Waals surface area contributed by atoms with E-state index in [9.17, 15) is 0 Å². The maximum absolute atomic E-state index is 6.04. The smallest absolute Gasteiger partial charge is 0.299 e. The zero-order valence-electron chi connectivity index (χ0n) is 11.4. The van der Waals surface area contributed by atoms with E-state index in [4.69, 9.17) is 27.9 Å². The molecule has 0 unspecified atom stereocenters. The van der Waals surface area contributed by atoms with Crippen molar-refractivity contribution in [2.24, 2.45) is 0 Å². The molecule has 1 heterocycles. The fourth-order valence-corrected chi connectivity index (χ4v) is 2.43. The minimum Gasteiger partial charge on any atom is -0.428 e. The van der Waals surface area contributed by atoms with Gasteiger partial charge in [0.2, 0.25) is 0 Å². The maximum Gasteiger partial charge on any atom is 0.299 e. The molecule has 0 bridgehead atoms. The van der Waals surface area contributed by atoms with Gasteiger partial charge in [-0.05, 0) is 39.0 Å². The number of hydrogen-bond acceptors (Lipinski definition) is 5. The molecule has 1 aromatic carbocycles. The van der Waals surface area contributed by atoms with Crippen LogP contribution >= 0.6 is 34.5 Å². The Morgan fingerprint density at radius 2 is 2.00 bits per heavy atom. The van der Waals surface area contributed by atoms with Gasteiger partial charge in [-0.15, -0.1) is 5.10 Å².